The van der Waals surface area contributed by atoms with E-state index in [1.165, 1.54) is 54.8 Å². The van der Waals surface area contributed by atoms with E-state index in [2.05, 4.69) is 9.97 Å². The van der Waals surface area contributed by atoms with E-state index >= 15 is 0 Å². The zero-order valence-corrected chi connectivity index (χ0v) is 19.3. The van der Waals surface area contributed by atoms with Gasteiger partial charge in [-0.3, -0.25) is 19.5 Å². The number of halogens is 1. The molecular formula is C22H17ClN4O5S. The molecule has 11 heteroatoms. The molecule has 0 amide bonds. The molecule has 0 bridgehead atoms. The normalized spacial score (nSPS) is 10.9. The molecule has 0 N–H and O–H groups in total. The van der Waals surface area contributed by atoms with E-state index in [9.17, 15) is 14.9 Å². The van der Waals surface area contributed by atoms with Crippen LogP contribution in [0.15, 0.2) is 58.6 Å². The van der Waals surface area contributed by atoms with Crippen molar-refractivity contribution in [3.63, 3.8) is 0 Å². The van der Waals surface area contributed by atoms with Crippen molar-refractivity contribution in [3.8, 4) is 28.3 Å². The number of ether oxygens (including phenoxy) is 2. The molecule has 4 aromatic rings. The number of benzene rings is 2. The standard InChI is InChI=1S/C22H17ClN4O5S/c1-31-15-9-16(19(23)18(10-15)32-2)17-8-12-11-24-22(33-3)25-20(12)26(21(17)28)13-4-6-14(7-5-13)27(29)30/h4-11H,1-3H3. The Morgan fingerprint density at radius 2 is 1.82 bits per heavy atom. The first-order valence-corrected chi connectivity index (χ1v) is 11.1. The van der Waals surface area contributed by atoms with Gasteiger partial charge in [0.2, 0.25) is 0 Å². The maximum atomic E-state index is 13.8. The zero-order chi connectivity index (χ0) is 23.7. The lowest BCUT2D eigenvalue weighted by Crippen LogP contribution is -2.22. The van der Waals surface area contributed by atoms with Gasteiger partial charge in [-0.1, -0.05) is 23.4 Å². The monoisotopic (exact) mass is 484 g/mol. The quantitative estimate of drug-likeness (QED) is 0.167. The van der Waals surface area contributed by atoms with Crippen LogP contribution in [0.1, 0.15) is 0 Å². The van der Waals surface area contributed by atoms with Crippen LogP contribution < -0.4 is 15.0 Å². The molecule has 0 spiro atoms. The van der Waals surface area contributed by atoms with E-state index < -0.39 is 10.5 Å². The van der Waals surface area contributed by atoms with Gasteiger partial charge in [0.25, 0.3) is 11.2 Å². The summed E-state index contributed by atoms with van der Waals surface area (Å²) in [6.07, 6.45) is 3.44. The molecular weight excluding hydrogens is 468 g/mol. The van der Waals surface area contributed by atoms with Crippen LogP contribution in [0, 0.1) is 10.1 Å². The summed E-state index contributed by atoms with van der Waals surface area (Å²) >= 11 is 7.89. The largest absolute Gasteiger partial charge is 0.497 e. The Kier molecular flexibility index (Phi) is 6.21. The lowest BCUT2D eigenvalue weighted by atomic mass is 10.0. The Balaban J connectivity index is 2.08. The summed E-state index contributed by atoms with van der Waals surface area (Å²) in [4.78, 5) is 33.2. The number of methoxy groups -OCH3 is 2. The first-order chi connectivity index (χ1) is 15.9. The maximum absolute atomic E-state index is 13.8. The van der Waals surface area contributed by atoms with E-state index in [1.807, 2.05) is 6.26 Å². The minimum Gasteiger partial charge on any atom is -0.497 e. The second-order valence-corrected chi connectivity index (χ2v) is 7.95. The minimum absolute atomic E-state index is 0.0905. The summed E-state index contributed by atoms with van der Waals surface area (Å²) in [6, 6.07) is 10.6. The number of fused-ring (bicyclic) bond motifs is 1. The highest BCUT2D eigenvalue weighted by molar-refractivity contribution is 7.98. The van der Waals surface area contributed by atoms with Gasteiger partial charge in [-0.2, -0.15) is 0 Å². The molecule has 0 aliphatic carbocycles. The lowest BCUT2D eigenvalue weighted by Gasteiger charge is -2.15. The summed E-state index contributed by atoms with van der Waals surface area (Å²) in [5, 5.41) is 12.4. The summed E-state index contributed by atoms with van der Waals surface area (Å²) < 4.78 is 12.1. The number of aromatic nitrogens is 3. The highest BCUT2D eigenvalue weighted by atomic mass is 35.5. The SMILES string of the molecule is COc1cc(OC)c(Cl)c(-c2cc3cnc(SC)nc3n(-c3ccc([N+](=O)[O-])cc3)c2=O)c1. The van der Waals surface area contributed by atoms with Gasteiger partial charge in [0.05, 0.1) is 35.4 Å². The molecule has 2 aromatic heterocycles. The van der Waals surface area contributed by atoms with Crippen molar-refractivity contribution in [2.75, 3.05) is 20.5 Å². The van der Waals surface area contributed by atoms with E-state index in [0.29, 0.717) is 38.9 Å². The molecule has 0 radical (unpaired) electrons. The predicted octanol–water partition coefficient (Wildman–Crippen LogP) is 4.75. The van der Waals surface area contributed by atoms with Crippen LogP contribution in [0.4, 0.5) is 5.69 Å². The molecule has 9 nitrogen and oxygen atoms in total. The molecule has 4 rings (SSSR count). The van der Waals surface area contributed by atoms with Crippen molar-refractivity contribution in [2.24, 2.45) is 0 Å². The number of thioether (sulfide) groups is 1. The van der Waals surface area contributed by atoms with E-state index in [0.717, 1.165) is 0 Å². The minimum atomic E-state index is -0.503. The fourth-order valence-corrected chi connectivity index (χ4v) is 3.99. The van der Waals surface area contributed by atoms with Gasteiger partial charge in [-0.05, 0) is 30.5 Å². The van der Waals surface area contributed by atoms with Crippen LogP contribution in [0.2, 0.25) is 5.02 Å². The predicted molar refractivity (Wildman–Crippen MR) is 127 cm³/mol. The van der Waals surface area contributed by atoms with Crippen molar-refractivity contribution in [1.82, 2.24) is 14.5 Å². The average Bonchev–Trinajstić information content (AvgIpc) is 2.83. The van der Waals surface area contributed by atoms with E-state index in [1.54, 1.807) is 24.4 Å². The average molecular weight is 485 g/mol. The van der Waals surface area contributed by atoms with Crippen LogP contribution in [0.25, 0.3) is 27.8 Å². The zero-order valence-electron chi connectivity index (χ0n) is 17.7. The Labute approximate surface area is 197 Å². The molecule has 0 aliphatic heterocycles. The highest BCUT2D eigenvalue weighted by Crippen LogP contribution is 2.39. The van der Waals surface area contributed by atoms with Crippen molar-refractivity contribution >= 4 is 40.1 Å². The van der Waals surface area contributed by atoms with Crippen molar-refractivity contribution in [3.05, 3.63) is 74.2 Å². The summed E-state index contributed by atoms with van der Waals surface area (Å²) in [5.41, 5.74) is 0.941. The van der Waals surface area contributed by atoms with Crippen LogP contribution >= 0.6 is 23.4 Å². The van der Waals surface area contributed by atoms with Crippen LogP contribution in [-0.4, -0.2) is 39.9 Å². The fraction of sp³-hybridized carbons (Fsp3) is 0.136. The molecule has 0 atom stereocenters. The van der Waals surface area contributed by atoms with Crippen molar-refractivity contribution < 1.29 is 14.4 Å². The molecule has 0 aliphatic rings. The third-order valence-electron chi connectivity index (χ3n) is 4.98. The van der Waals surface area contributed by atoms with Gasteiger partial charge in [0.15, 0.2) is 10.8 Å². The number of rotatable bonds is 6. The van der Waals surface area contributed by atoms with Crippen molar-refractivity contribution in [1.29, 1.82) is 0 Å². The van der Waals surface area contributed by atoms with Gasteiger partial charge in [-0.15, -0.1) is 0 Å². The number of nitro groups is 1. The third-order valence-corrected chi connectivity index (χ3v) is 5.93. The number of hydrogen-bond donors (Lipinski definition) is 0. The first kappa shape index (κ1) is 22.6. The topological polar surface area (TPSA) is 109 Å². The number of nitro benzene ring substituents is 1. The second kappa shape index (κ2) is 9.08. The molecule has 33 heavy (non-hydrogen) atoms. The lowest BCUT2D eigenvalue weighted by molar-refractivity contribution is -0.384. The van der Waals surface area contributed by atoms with Crippen LogP contribution in [0.5, 0.6) is 11.5 Å². The Morgan fingerprint density at radius 3 is 2.42 bits per heavy atom. The maximum Gasteiger partial charge on any atom is 0.269 e. The van der Waals surface area contributed by atoms with E-state index in [-0.39, 0.29) is 16.3 Å². The first-order valence-electron chi connectivity index (χ1n) is 9.51. The Bertz CT molecular complexity index is 1440. The second-order valence-electron chi connectivity index (χ2n) is 6.80. The van der Waals surface area contributed by atoms with E-state index in [4.69, 9.17) is 21.1 Å². The number of non-ortho nitro benzene ring substituents is 1. The smallest absolute Gasteiger partial charge is 0.269 e. The summed E-state index contributed by atoms with van der Waals surface area (Å²) in [6.45, 7) is 0. The molecule has 0 fully saturated rings. The summed E-state index contributed by atoms with van der Waals surface area (Å²) in [5.74, 6) is 0.808. The number of nitrogens with zero attached hydrogens (tertiary/aromatic N) is 4. The fourth-order valence-electron chi connectivity index (χ4n) is 3.37. The summed E-state index contributed by atoms with van der Waals surface area (Å²) in [7, 11) is 2.97. The molecule has 2 aromatic carbocycles. The van der Waals surface area contributed by atoms with Crippen LogP contribution in [0.3, 0.4) is 0 Å². The molecule has 2 heterocycles. The Morgan fingerprint density at radius 1 is 1.09 bits per heavy atom. The van der Waals surface area contributed by atoms with Gasteiger partial charge in [-0.25, -0.2) is 9.97 Å². The van der Waals surface area contributed by atoms with Crippen LogP contribution in [-0.2, 0) is 0 Å². The number of pyridine rings is 1. The van der Waals surface area contributed by atoms with Gasteiger partial charge >= 0.3 is 0 Å². The Hall–Kier alpha value is -3.63. The highest BCUT2D eigenvalue weighted by Gasteiger charge is 2.20. The van der Waals surface area contributed by atoms with Gasteiger partial charge < -0.3 is 9.47 Å². The third kappa shape index (κ3) is 4.10. The molecule has 0 saturated heterocycles. The molecule has 0 unspecified atom stereocenters. The molecule has 168 valence electrons. The number of hydrogen-bond acceptors (Lipinski definition) is 8. The molecule has 0 saturated carbocycles. The van der Waals surface area contributed by atoms with Gasteiger partial charge in [0.1, 0.15) is 11.5 Å². The van der Waals surface area contributed by atoms with Crippen molar-refractivity contribution in [2.45, 2.75) is 5.16 Å². The van der Waals surface area contributed by atoms with Gasteiger partial charge in [0, 0.05) is 35.3 Å².